The summed E-state index contributed by atoms with van der Waals surface area (Å²) in [5.74, 6) is 0.901. The number of aromatic nitrogens is 2. The second-order valence-electron chi connectivity index (χ2n) is 5.41. The third-order valence-electron chi connectivity index (χ3n) is 4.19. The van der Waals surface area contributed by atoms with Crippen molar-refractivity contribution < 1.29 is 5.11 Å². The fraction of sp³-hybridized carbons (Fsp3) is 0.235. The summed E-state index contributed by atoms with van der Waals surface area (Å²) < 4.78 is 1.97. The van der Waals surface area contributed by atoms with E-state index in [0.29, 0.717) is 0 Å². The van der Waals surface area contributed by atoms with Crippen LogP contribution in [0.4, 0.5) is 5.82 Å². The molecule has 21 heavy (non-hydrogen) atoms. The Morgan fingerprint density at radius 2 is 1.86 bits per heavy atom. The largest absolute Gasteiger partial charge is 0.390 e. The first kappa shape index (κ1) is 12.4. The summed E-state index contributed by atoms with van der Waals surface area (Å²) >= 11 is 0. The van der Waals surface area contributed by atoms with Crippen molar-refractivity contribution in [1.29, 1.82) is 0 Å². The van der Waals surface area contributed by atoms with Crippen molar-refractivity contribution in [2.75, 3.05) is 11.4 Å². The van der Waals surface area contributed by atoms with Crippen LogP contribution in [0.25, 0.3) is 5.65 Å². The Morgan fingerprint density at radius 1 is 1.05 bits per heavy atom. The molecule has 0 saturated heterocycles. The molecule has 1 N–H and O–H groups in total. The highest BCUT2D eigenvalue weighted by molar-refractivity contribution is 5.57. The fourth-order valence-electron chi connectivity index (χ4n) is 3.11. The van der Waals surface area contributed by atoms with E-state index in [1.165, 1.54) is 11.1 Å². The highest BCUT2D eigenvalue weighted by Crippen LogP contribution is 2.27. The maximum Gasteiger partial charge on any atom is 0.153 e. The van der Waals surface area contributed by atoms with Crippen LogP contribution in [0, 0.1) is 0 Å². The molecule has 0 fully saturated rings. The van der Waals surface area contributed by atoms with E-state index < -0.39 is 0 Å². The number of hydrogen-bond acceptors (Lipinski definition) is 3. The van der Waals surface area contributed by atoms with Crippen LogP contribution in [0.2, 0.25) is 0 Å². The second-order valence-corrected chi connectivity index (χ2v) is 5.41. The van der Waals surface area contributed by atoms with Crippen LogP contribution in [0.1, 0.15) is 16.8 Å². The van der Waals surface area contributed by atoms with E-state index >= 15 is 0 Å². The SMILES string of the molecule is OCc1c(N2CCc3ccccc3C2)nc2ccccn12. The van der Waals surface area contributed by atoms with Crippen molar-refractivity contribution in [3.8, 4) is 0 Å². The average molecular weight is 279 g/mol. The topological polar surface area (TPSA) is 40.8 Å². The van der Waals surface area contributed by atoms with Crippen LogP contribution >= 0.6 is 0 Å². The summed E-state index contributed by atoms with van der Waals surface area (Å²) in [6.07, 6.45) is 2.98. The number of anilines is 1. The molecular weight excluding hydrogens is 262 g/mol. The quantitative estimate of drug-likeness (QED) is 0.783. The molecule has 1 aliphatic rings. The molecule has 0 amide bonds. The first-order valence-electron chi connectivity index (χ1n) is 7.25. The van der Waals surface area contributed by atoms with Gasteiger partial charge in [-0.05, 0) is 29.7 Å². The minimum Gasteiger partial charge on any atom is -0.390 e. The van der Waals surface area contributed by atoms with E-state index in [2.05, 4.69) is 29.2 Å². The lowest BCUT2D eigenvalue weighted by atomic mass is 10.00. The normalized spacial score (nSPS) is 14.4. The molecule has 4 nitrogen and oxygen atoms in total. The number of imidazole rings is 1. The number of rotatable bonds is 2. The maximum absolute atomic E-state index is 9.74. The Balaban J connectivity index is 1.78. The maximum atomic E-state index is 9.74. The minimum absolute atomic E-state index is 0.00133. The Morgan fingerprint density at radius 3 is 2.71 bits per heavy atom. The van der Waals surface area contributed by atoms with Crippen molar-refractivity contribution in [3.63, 3.8) is 0 Å². The van der Waals surface area contributed by atoms with Gasteiger partial charge in [-0.25, -0.2) is 4.98 Å². The molecule has 0 atom stereocenters. The third kappa shape index (κ3) is 1.99. The highest BCUT2D eigenvalue weighted by Gasteiger charge is 2.21. The van der Waals surface area contributed by atoms with E-state index in [1.54, 1.807) is 0 Å². The molecular formula is C17H17N3O. The van der Waals surface area contributed by atoms with Crippen molar-refractivity contribution in [2.24, 2.45) is 0 Å². The number of hydrogen-bond donors (Lipinski definition) is 1. The summed E-state index contributed by atoms with van der Waals surface area (Å²) in [6, 6.07) is 14.5. The standard InChI is InChI=1S/C17H17N3O/c21-12-15-17(18-16-7-3-4-9-20(15)16)19-10-8-13-5-1-2-6-14(13)11-19/h1-7,9,21H,8,10-12H2. The predicted molar refractivity (Wildman–Crippen MR) is 82.3 cm³/mol. The average Bonchev–Trinajstić information content (AvgIpc) is 2.93. The van der Waals surface area contributed by atoms with Gasteiger partial charge in [-0.2, -0.15) is 0 Å². The second kappa shape index (κ2) is 4.90. The van der Waals surface area contributed by atoms with Gasteiger partial charge < -0.3 is 10.0 Å². The van der Waals surface area contributed by atoms with Gasteiger partial charge in [0.15, 0.2) is 5.82 Å². The number of nitrogens with zero attached hydrogens (tertiary/aromatic N) is 3. The molecule has 1 aliphatic heterocycles. The number of pyridine rings is 1. The lowest BCUT2D eigenvalue weighted by Gasteiger charge is -2.29. The van der Waals surface area contributed by atoms with E-state index in [9.17, 15) is 5.11 Å². The smallest absolute Gasteiger partial charge is 0.153 e. The zero-order valence-corrected chi connectivity index (χ0v) is 11.7. The first-order chi connectivity index (χ1) is 10.4. The Bertz CT molecular complexity index is 794. The number of benzene rings is 1. The molecule has 0 radical (unpaired) electrons. The van der Waals surface area contributed by atoms with E-state index in [0.717, 1.165) is 36.7 Å². The van der Waals surface area contributed by atoms with Gasteiger partial charge in [0.25, 0.3) is 0 Å². The summed E-state index contributed by atoms with van der Waals surface area (Å²) in [7, 11) is 0. The molecule has 0 aliphatic carbocycles. The van der Waals surface area contributed by atoms with Crippen molar-refractivity contribution in [3.05, 3.63) is 65.5 Å². The zero-order chi connectivity index (χ0) is 14.2. The summed E-state index contributed by atoms with van der Waals surface area (Å²) in [4.78, 5) is 6.97. The summed E-state index contributed by atoms with van der Waals surface area (Å²) in [5.41, 5.74) is 4.52. The molecule has 4 rings (SSSR count). The van der Waals surface area contributed by atoms with Gasteiger partial charge in [0.2, 0.25) is 0 Å². The third-order valence-corrected chi connectivity index (χ3v) is 4.19. The fourth-order valence-corrected chi connectivity index (χ4v) is 3.11. The van der Waals surface area contributed by atoms with Crippen LogP contribution < -0.4 is 4.90 Å². The van der Waals surface area contributed by atoms with Crippen molar-refractivity contribution >= 4 is 11.5 Å². The number of fused-ring (bicyclic) bond motifs is 2. The Hall–Kier alpha value is -2.33. The molecule has 1 aromatic carbocycles. The Kier molecular flexibility index (Phi) is 2.89. The molecule has 4 heteroatoms. The zero-order valence-electron chi connectivity index (χ0n) is 11.7. The molecule has 3 heterocycles. The van der Waals surface area contributed by atoms with Gasteiger partial charge in [0.1, 0.15) is 5.65 Å². The van der Waals surface area contributed by atoms with Crippen LogP contribution in [0.5, 0.6) is 0 Å². The van der Waals surface area contributed by atoms with Gasteiger partial charge >= 0.3 is 0 Å². The van der Waals surface area contributed by atoms with Crippen molar-refractivity contribution in [1.82, 2.24) is 9.38 Å². The molecule has 0 bridgehead atoms. The number of aliphatic hydroxyl groups excluding tert-OH is 1. The first-order valence-corrected chi connectivity index (χ1v) is 7.25. The monoisotopic (exact) mass is 279 g/mol. The van der Waals surface area contributed by atoms with Gasteiger partial charge in [0.05, 0.1) is 12.3 Å². The molecule has 0 saturated carbocycles. The molecule has 3 aromatic rings. The lowest BCUT2D eigenvalue weighted by molar-refractivity contribution is 0.276. The van der Waals surface area contributed by atoms with Gasteiger partial charge in [-0.15, -0.1) is 0 Å². The van der Waals surface area contributed by atoms with Gasteiger partial charge in [-0.3, -0.25) is 4.40 Å². The Labute approximate surface area is 123 Å². The molecule has 2 aromatic heterocycles. The molecule has 0 unspecified atom stereocenters. The lowest BCUT2D eigenvalue weighted by Crippen LogP contribution is -2.31. The van der Waals surface area contributed by atoms with Crippen LogP contribution in [-0.4, -0.2) is 21.0 Å². The van der Waals surface area contributed by atoms with Crippen LogP contribution in [0.15, 0.2) is 48.7 Å². The van der Waals surface area contributed by atoms with E-state index in [1.807, 2.05) is 28.8 Å². The van der Waals surface area contributed by atoms with Crippen LogP contribution in [-0.2, 0) is 19.6 Å². The van der Waals surface area contributed by atoms with Gasteiger partial charge in [-0.1, -0.05) is 30.3 Å². The highest BCUT2D eigenvalue weighted by atomic mass is 16.3. The summed E-state index contributed by atoms with van der Waals surface area (Å²) in [6.45, 7) is 1.79. The summed E-state index contributed by atoms with van der Waals surface area (Å²) in [5, 5.41) is 9.74. The predicted octanol–water partition coefficient (Wildman–Crippen LogP) is 2.39. The van der Waals surface area contributed by atoms with E-state index in [4.69, 9.17) is 4.98 Å². The molecule has 106 valence electrons. The van der Waals surface area contributed by atoms with Crippen molar-refractivity contribution in [2.45, 2.75) is 19.6 Å². The minimum atomic E-state index is -0.00133. The van der Waals surface area contributed by atoms with Crippen LogP contribution in [0.3, 0.4) is 0 Å². The van der Waals surface area contributed by atoms with Gasteiger partial charge in [0, 0.05) is 19.3 Å². The number of aliphatic hydroxyl groups is 1. The molecule has 0 spiro atoms. The van der Waals surface area contributed by atoms with E-state index in [-0.39, 0.29) is 6.61 Å².